The minimum atomic E-state index is -0.311. The Morgan fingerprint density at radius 2 is 1.89 bits per heavy atom. The van der Waals surface area contributed by atoms with E-state index in [-0.39, 0.29) is 6.03 Å². The van der Waals surface area contributed by atoms with Crippen LogP contribution in [-0.2, 0) is 13.1 Å². The number of hydrogen-bond donors (Lipinski definition) is 4. The molecule has 2 amide bonds. The number of para-hydroxylation sites is 1. The normalized spacial score (nSPS) is 10.9. The Balaban J connectivity index is 1.29. The summed E-state index contributed by atoms with van der Waals surface area (Å²) in [5.74, 6) is 0.755. The molecule has 0 aliphatic carbocycles. The van der Waals surface area contributed by atoms with E-state index in [0.717, 1.165) is 38.2 Å². The van der Waals surface area contributed by atoms with Crippen LogP contribution in [-0.4, -0.2) is 20.6 Å². The van der Waals surface area contributed by atoms with Gasteiger partial charge in [-0.3, -0.25) is 0 Å². The summed E-state index contributed by atoms with van der Waals surface area (Å²) < 4.78 is 2.51. The lowest BCUT2D eigenvalue weighted by Crippen LogP contribution is -2.28. The van der Waals surface area contributed by atoms with E-state index in [4.69, 9.17) is 22.3 Å². The third-order valence-electron chi connectivity index (χ3n) is 5.97. The zero-order valence-electron chi connectivity index (χ0n) is 20.5. The number of benzene rings is 3. The summed E-state index contributed by atoms with van der Waals surface area (Å²) in [6.07, 6.45) is 1.71. The van der Waals surface area contributed by atoms with Crippen LogP contribution >= 0.6 is 27.5 Å². The lowest BCUT2D eigenvalue weighted by atomic mass is 10.1. The van der Waals surface area contributed by atoms with Crippen LogP contribution in [0.25, 0.3) is 16.9 Å². The number of fused-ring (bicyclic) bond motifs is 1. The third-order valence-corrected chi connectivity index (χ3v) is 6.88. The molecule has 5 rings (SSSR count). The molecule has 0 fully saturated rings. The van der Waals surface area contributed by atoms with Crippen molar-refractivity contribution in [3.63, 3.8) is 0 Å². The Bertz CT molecular complexity index is 1640. The number of amides is 2. The first-order chi connectivity index (χ1) is 18.4. The highest BCUT2D eigenvalue weighted by Crippen LogP contribution is 2.29. The topological polar surface area (TPSA) is 109 Å². The Labute approximate surface area is 233 Å². The van der Waals surface area contributed by atoms with Crippen LogP contribution < -0.4 is 21.7 Å². The fraction of sp³-hybridized carbons (Fsp3) is 0.107. The van der Waals surface area contributed by atoms with E-state index in [2.05, 4.69) is 37.0 Å². The maximum atomic E-state index is 12.5. The van der Waals surface area contributed by atoms with E-state index in [0.29, 0.717) is 35.1 Å². The molecule has 5 aromatic rings. The molecule has 0 unspecified atom stereocenters. The van der Waals surface area contributed by atoms with Crippen LogP contribution in [0.3, 0.4) is 0 Å². The first-order valence-electron chi connectivity index (χ1n) is 11.9. The number of nitrogens with two attached hydrogens (primary N) is 1. The highest BCUT2D eigenvalue weighted by Gasteiger charge is 2.13. The molecule has 0 saturated heterocycles. The second-order valence-electron chi connectivity index (χ2n) is 8.80. The van der Waals surface area contributed by atoms with Gasteiger partial charge in [-0.1, -0.05) is 54.1 Å². The predicted molar refractivity (Wildman–Crippen MR) is 156 cm³/mol. The van der Waals surface area contributed by atoms with Gasteiger partial charge in [0.25, 0.3) is 0 Å². The molecule has 192 valence electrons. The number of urea groups is 1. The third kappa shape index (κ3) is 5.74. The molecule has 0 radical (unpaired) electrons. The summed E-state index contributed by atoms with van der Waals surface area (Å²) in [4.78, 5) is 17.2. The summed E-state index contributed by atoms with van der Waals surface area (Å²) >= 11 is 9.80. The molecule has 10 heteroatoms. The highest BCUT2D eigenvalue weighted by atomic mass is 79.9. The van der Waals surface area contributed by atoms with Crippen LogP contribution in [0.4, 0.5) is 22.0 Å². The predicted octanol–water partition coefficient (Wildman–Crippen LogP) is 6.64. The number of carbonyl (C=O) groups excluding carboxylic acids is 1. The summed E-state index contributed by atoms with van der Waals surface area (Å²) in [6.45, 7) is 2.80. The number of hydrogen-bond acceptors (Lipinski definition) is 5. The number of rotatable bonds is 7. The molecular weight excluding hydrogens is 566 g/mol. The molecule has 8 nitrogen and oxygen atoms in total. The fourth-order valence-corrected chi connectivity index (χ4v) is 4.68. The first kappa shape index (κ1) is 25.6. The summed E-state index contributed by atoms with van der Waals surface area (Å²) in [6, 6.07) is 22.6. The smallest absolute Gasteiger partial charge is 0.319 e. The van der Waals surface area contributed by atoms with Crippen molar-refractivity contribution in [2.75, 3.05) is 16.4 Å². The van der Waals surface area contributed by atoms with Gasteiger partial charge in [-0.2, -0.15) is 9.61 Å². The van der Waals surface area contributed by atoms with Crippen LogP contribution in [0.2, 0.25) is 5.02 Å². The van der Waals surface area contributed by atoms with Gasteiger partial charge in [-0.25, -0.2) is 9.78 Å². The summed E-state index contributed by atoms with van der Waals surface area (Å²) in [5, 5.41) is 14.2. The maximum absolute atomic E-state index is 12.5. The lowest BCUT2D eigenvalue weighted by molar-refractivity contribution is 0.251. The first-order valence-corrected chi connectivity index (χ1v) is 13.1. The standard InChI is InChI=1S/C28H25BrClN7O/c1-17-9-10-19(23(30)11-17)15-33-28(38)35-20-6-4-5-18(12-20)14-32-26-13-25(21-7-2-3-8-24(21)31)36-27-22(29)16-34-37(26)27/h2-13,16,32H,14-15,31H2,1H3,(H2,33,35,38). The van der Waals surface area contributed by atoms with E-state index in [9.17, 15) is 4.79 Å². The molecule has 0 spiro atoms. The van der Waals surface area contributed by atoms with E-state index in [1.807, 2.05) is 79.7 Å². The monoisotopic (exact) mass is 589 g/mol. The quantitative estimate of drug-likeness (QED) is 0.159. The largest absolute Gasteiger partial charge is 0.398 e. The van der Waals surface area contributed by atoms with Crippen molar-refractivity contribution >= 4 is 56.4 Å². The number of nitrogen functional groups attached to an aromatic ring is 1. The minimum Gasteiger partial charge on any atom is -0.398 e. The van der Waals surface area contributed by atoms with E-state index in [1.54, 1.807) is 10.7 Å². The molecule has 2 heterocycles. The lowest BCUT2D eigenvalue weighted by Gasteiger charge is -2.13. The molecule has 0 aliphatic rings. The van der Waals surface area contributed by atoms with Gasteiger partial charge in [0, 0.05) is 41.1 Å². The second kappa shape index (κ2) is 11.1. The number of nitrogens with zero attached hydrogens (tertiary/aromatic N) is 3. The van der Waals surface area contributed by atoms with Gasteiger partial charge < -0.3 is 21.7 Å². The van der Waals surface area contributed by atoms with Crippen LogP contribution in [0.15, 0.2) is 83.5 Å². The molecule has 0 saturated carbocycles. The van der Waals surface area contributed by atoms with E-state index < -0.39 is 0 Å². The van der Waals surface area contributed by atoms with Crippen molar-refractivity contribution in [2.24, 2.45) is 0 Å². The Morgan fingerprint density at radius 3 is 2.71 bits per heavy atom. The Hall–Kier alpha value is -4.08. The van der Waals surface area contributed by atoms with Gasteiger partial charge in [0.15, 0.2) is 5.65 Å². The van der Waals surface area contributed by atoms with Crippen LogP contribution in [0, 0.1) is 6.92 Å². The van der Waals surface area contributed by atoms with Crippen molar-refractivity contribution in [2.45, 2.75) is 20.0 Å². The minimum absolute atomic E-state index is 0.311. The van der Waals surface area contributed by atoms with Gasteiger partial charge in [0.05, 0.1) is 16.4 Å². The van der Waals surface area contributed by atoms with Crippen molar-refractivity contribution in [3.05, 3.63) is 105 Å². The SMILES string of the molecule is Cc1ccc(CNC(=O)Nc2cccc(CNc3cc(-c4ccccc4N)nc4c(Br)cnn34)c2)c(Cl)c1. The molecule has 0 bridgehead atoms. The second-order valence-corrected chi connectivity index (χ2v) is 10.1. The zero-order valence-corrected chi connectivity index (χ0v) is 22.8. The van der Waals surface area contributed by atoms with Crippen LogP contribution in [0.1, 0.15) is 16.7 Å². The van der Waals surface area contributed by atoms with Crippen molar-refractivity contribution < 1.29 is 4.79 Å². The fourth-order valence-electron chi connectivity index (χ4n) is 4.03. The molecule has 38 heavy (non-hydrogen) atoms. The van der Waals surface area contributed by atoms with Crippen LogP contribution in [0.5, 0.6) is 0 Å². The number of nitrogens with one attached hydrogen (secondary N) is 3. The van der Waals surface area contributed by atoms with Gasteiger partial charge in [-0.15, -0.1) is 0 Å². The zero-order chi connectivity index (χ0) is 26.6. The summed E-state index contributed by atoms with van der Waals surface area (Å²) in [7, 11) is 0. The number of anilines is 3. The molecule has 0 aliphatic heterocycles. The molecule has 5 N–H and O–H groups in total. The number of aryl methyl sites for hydroxylation is 1. The molecule has 0 atom stereocenters. The van der Waals surface area contributed by atoms with Gasteiger partial charge >= 0.3 is 6.03 Å². The molecule has 3 aromatic carbocycles. The maximum Gasteiger partial charge on any atom is 0.319 e. The van der Waals surface area contributed by atoms with Crippen molar-refractivity contribution in [1.29, 1.82) is 0 Å². The number of halogens is 2. The average Bonchev–Trinajstić information content (AvgIpc) is 3.28. The highest BCUT2D eigenvalue weighted by molar-refractivity contribution is 9.10. The van der Waals surface area contributed by atoms with Gasteiger partial charge in [0.1, 0.15) is 5.82 Å². The Morgan fingerprint density at radius 1 is 1.05 bits per heavy atom. The van der Waals surface area contributed by atoms with E-state index in [1.165, 1.54) is 0 Å². The number of aromatic nitrogens is 3. The van der Waals surface area contributed by atoms with E-state index >= 15 is 0 Å². The van der Waals surface area contributed by atoms with Crippen molar-refractivity contribution in [1.82, 2.24) is 19.9 Å². The molecule has 2 aromatic heterocycles. The average molecular weight is 591 g/mol. The Kier molecular flexibility index (Phi) is 7.48. The summed E-state index contributed by atoms with van der Waals surface area (Å²) in [5.41, 5.74) is 12.7. The van der Waals surface area contributed by atoms with Crippen molar-refractivity contribution in [3.8, 4) is 11.3 Å². The van der Waals surface area contributed by atoms with Gasteiger partial charge in [-0.05, 0) is 63.8 Å². The number of carbonyl (C=O) groups is 1. The molecular formula is C28H25BrClN7O. The van der Waals surface area contributed by atoms with Gasteiger partial charge in [0.2, 0.25) is 0 Å².